The largest absolute Gasteiger partial charge is 0.344 e. The molecular formula is C17H22N2O2. The standard InChI is InChI=1S/C17H22N2O2/c1-11-6-7-14(10-12(11)2)19-9-8-15(17(19)21)18-16(20)13-4-3-5-13/h6-7,10,13,15H,3-5,8-9H2,1-2H3,(H,18,20)/t15-/m0/s1. The molecule has 21 heavy (non-hydrogen) atoms. The molecule has 1 aliphatic heterocycles. The van der Waals surface area contributed by atoms with Crippen molar-refractivity contribution in [3.63, 3.8) is 0 Å². The van der Waals surface area contributed by atoms with Crippen LogP contribution in [0, 0.1) is 19.8 Å². The molecule has 0 aromatic heterocycles. The van der Waals surface area contributed by atoms with Crippen LogP contribution in [-0.4, -0.2) is 24.4 Å². The van der Waals surface area contributed by atoms with Crippen molar-refractivity contribution in [3.05, 3.63) is 29.3 Å². The third-order valence-electron chi connectivity index (χ3n) is 4.80. The number of aryl methyl sites for hydroxylation is 2. The van der Waals surface area contributed by atoms with Gasteiger partial charge in [0, 0.05) is 18.2 Å². The molecule has 4 heteroatoms. The van der Waals surface area contributed by atoms with E-state index in [0.29, 0.717) is 13.0 Å². The Balaban J connectivity index is 1.67. The average Bonchev–Trinajstić information content (AvgIpc) is 2.72. The minimum atomic E-state index is -0.347. The van der Waals surface area contributed by atoms with Crippen LogP contribution in [0.1, 0.15) is 36.8 Å². The number of benzene rings is 1. The molecule has 1 heterocycles. The maximum Gasteiger partial charge on any atom is 0.249 e. The van der Waals surface area contributed by atoms with E-state index in [9.17, 15) is 9.59 Å². The molecular weight excluding hydrogens is 264 g/mol. The smallest absolute Gasteiger partial charge is 0.249 e. The Bertz CT molecular complexity index is 578. The number of carbonyl (C=O) groups excluding carboxylic acids is 2. The lowest BCUT2D eigenvalue weighted by Crippen LogP contribution is -2.45. The Morgan fingerprint density at radius 3 is 2.57 bits per heavy atom. The van der Waals surface area contributed by atoms with Gasteiger partial charge in [-0.05, 0) is 56.4 Å². The van der Waals surface area contributed by atoms with Crippen molar-refractivity contribution >= 4 is 17.5 Å². The molecule has 1 saturated carbocycles. The van der Waals surface area contributed by atoms with Crippen LogP contribution in [0.25, 0.3) is 0 Å². The van der Waals surface area contributed by atoms with Crippen LogP contribution < -0.4 is 10.2 Å². The molecule has 1 N–H and O–H groups in total. The van der Waals surface area contributed by atoms with Gasteiger partial charge >= 0.3 is 0 Å². The molecule has 2 aliphatic rings. The normalized spacial score (nSPS) is 22.3. The van der Waals surface area contributed by atoms with E-state index in [1.54, 1.807) is 4.90 Å². The third kappa shape index (κ3) is 2.67. The summed E-state index contributed by atoms with van der Waals surface area (Å²) >= 11 is 0. The first kappa shape index (κ1) is 14.1. The quantitative estimate of drug-likeness (QED) is 0.927. The second-order valence-electron chi connectivity index (χ2n) is 6.24. The predicted molar refractivity (Wildman–Crippen MR) is 82.2 cm³/mol. The highest BCUT2D eigenvalue weighted by Crippen LogP contribution is 2.28. The monoisotopic (exact) mass is 286 g/mol. The number of nitrogens with zero attached hydrogens (tertiary/aromatic N) is 1. The summed E-state index contributed by atoms with van der Waals surface area (Å²) in [5.74, 6) is 0.209. The zero-order valence-electron chi connectivity index (χ0n) is 12.7. The lowest BCUT2D eigenvalue weighted by atomic mass is 9.84. The molecule has 0 bridgehead atoms. The summed E-state index contributed by atoms with van der Waals surface area (Å²) < 4.78 is 0. The van der Waals surface area contributed by atoms with Gasteiger partial charge < -0.3 is 10.2 Å². The van der Waals surface area contributed by atoms with Gasteiger partial charge in [-0.15, -0.1) is 0 Å². The Morgan fingerprint density at radius 2 is 1.95 bits per heavy atom. The highest BCUT2D eigenvalue weighted by Gasteiger charge is 2.36. The minimum Gasteiger partial charge on any atom is -0.344 e. The van der Waals surface area contributed by atoms with Gasteiger partial charge in [0.25, 0.3) is 0 Å². The van der Waals surface area contributed by atoms with E-state index in [0.717, 1.165) is 24.9 Å². The lowest BCUT2D eigenvalue weighted by Gasteiger charge is -2.25. The van der Waals surface area contributed by atoms with E-state index in [-0.39, 0.29) is 23.8 Å². The van der Waals surface area contributed by atoms with Crippen LogP contribution in [0.3, 0.4) is 0 Å². The number of nitrogens with one attached hydrogen (secondary N) is 1. The molecule has 2 fully saturated rings. The number of hydrogen-bond acceptors (Lipinski definition) is 2. The van der Waals surface area contributed by atoms with Crippen LogP contribution in [0.4, 0.5) is 5.69 Å². The summed E-state index contributed by atoms with van der Waals surface area (Å²) in [5, 5.41) is 2.93. The minimum absolute atomic E-state index is 0.0194. The van der Waals surface area contributed by atoms with Crippen molar-refractivity contribution in [2.24, 2.45) is 5.92 Å². The highest BCUT2D eigenvalue weighted by atomic mass is 16.2. The molecule has 4 nitrogen and oxygen atoms in total. The van der Waals surface area contributed by atoms with Crippen molar-refractivity contribution in [1.29, 1.82) is 0 Å². The topological polar surface area (TPSA) is 49.4 Å². The van der Waals surface area contributed by atoms with Gasteiger partial charge in [0.15, 0.2) is 0 Å². The molecule has 1 saturated heterocycles. The van der Waals surface area contributed by atoms with E-state index >= 15 is 0 Å². The first-order valence-corrected chi connectivity index (χ1v) is 7.75. The Morgan fingerprint density at radius 1 is 1.19 bits per heavy atom. The molecule has 1 atom stereocenters. The predicted octanol–water partition coefficient (Wildman–Crippen LogP) is 2.33. The van der Waals surface area contributed by atoms with Crippen molar-refractivity contribution in [1.82, 2.24) is 5.32 Å². The van der Waals surface area contributed by atoms with Crippen LogP contribution in [0.2, 0.25) is 0 Å². The Labute approximate surface area is 125 Å². The van der Waals surface area contributed by atoms with Crippen molar-refractivity contribution in [2.75, 3.05) is 11.4 Å². The summed E-state index contributed by atoms with van der Waals surface area (Å²) in [6, 6.07) is 5.72. The van der Waals surface area contributed by atoms with E-state index in [1.165, 1.54) is 11.1 Å². The maximum atomic E-state index is 12.5. The van der Waals surface area contributed by atoms with Crippen molar-refractivity contribution in [3.8, 4) is 0 Å². The van der Waals surface area contributed by atoms with Gasteiger partial charge in [0.1, 0.15) is 6.04 Å². The summed E-state index contributed by atoms with van der Waals surface area (Å²) in [6.45, 7) is 4.79. The van der Waals surface area contributed by atoms with Gasteiger partial charge in [0.05, 0.1) is 0 Å². The van der Waals surface area contributed by atoms with Crippen molar-refractivity contribution in [2.45, 2.75) is 45.6 Å². The zero-order chi connectivity index (χ0) is 15.0. The fourth-order valence-electron chi connectivity index (χ4n) is 2.92. The molecule has 3 rings (SSSR count). The highest BCUT2D eigenvalue weighted by molar-refractivity contribution is 6.01. The first-order chi connectivity index (χ1) is 10.1. The molecule has 0 radical (unpaired) electrons. The third-order valence-corrected chi connectivity index (χ3v) is 4.80. The average molecular weight is 286 g/mol. The number of carbonyl (C=O) groups is 2. The molecule has 0 unspecified atom stereocenters. The van der Waals surface area contributed by atoms with E-state index in [2.05, 4.69) is 19.2 Å². The van der Waals surface area contributed by atoms with E-state index in [1.807, 2.05) is 18.2 Å². The van der Waals surface area contributed by atoms with Gasteiger partial charge in [-0.2, -0.15) is 0 Å². The molecule has 1 aliphatic carbocycles. The van der Waals surface area contributed by atoms with Crippen LogP contribution >= 0.6 is 0 Å². The molecule has 2 amide bonds. The maximum absolute atomic E-state index is 12.5. The summed E-state index contributed by atoms with van der Waals surface area (Å²) in [4.78, 5) is 26.3. The van der Waals surface area contributed by atoms with Gasteiger partial charge in [-0.25, -0.2) is 0 Å². The first-order valence-electron chi connectivity index (χ1n) is 7.75. The van der Waals surface area contributed by atoms with Crippen LogP contribution in [0.15, 0.2) is 18.2 Å². The molecule has 112 valence electrons. The second kappa shape index (κ2) is 5.51. The van der Waals surface area contributed by atoms with Gasteiger partial charge in [0.2, 0.25) is 11.8 Å². The van der Waals surface area contributed by atoms with Crippen LogP contribution in [-0.2, 0) is 9.59 Å². The van der Waals surface area contributed by atoms with E-state index in [4.69, 9.17) is 0 Å². The molecule has 1 aromatic rings. The molecule has 1 aromatic carbocycles. The second-order valence-corrected chi connectivity index (χ2v) is 6.24. The summed E-state index contributed by atoms with van der Waals surface area (Å²) in [7, 11) is 0. The van der Waals surface area contributed by atoms with Gasteiger partial charge in [-0.3, -0.25) is 9.59 Å². The fraction of sp³-hybridized carbons (Fsp3) is 0.529. The van der Waals surface area contributed by atoms with Crippen LogP contribution in [0.5, 0.6) is 0 Å². The Kier molecular flexibility index (Phi) is 3.70. The summed E-state index contributed by atoms with van der Waals surface area (Å²) in [5.41, 5.74) is 3.34. The van der Waals surface area contributed by atoms with Crippen molar-refractivity contribution < 1.29 is 9.59 Å². The number of amides is 2. The SMILES string of the molecule is Cc1ccc(N2CC[C@H](NC(=O)C3CCC3)C2=O)cc1C. The molecule has 0 spiro atoms. The van der Waals surface area contributed by atoms with Gasteiger partial charge in [-0.1, -0.05) is 12.5 Å². The lowest BCUT2D eigenvalue weighted by molar-refractivity contribution is -0.131. The number of anilines is 1. The summed E-state index contributed by atoms with van der Waals surface area (Å²) in [6.07, 6.45) is 3.76. The fourth-order valence-corrected chi connectivity index (χ4v) is 2.92. The number of hydrogen-bond donors (Lipinski definition) is 1. The Hall–Kier alpha value is -1.84. The van der Waals surface area contributed by atoms with E-state index < -0.39 is 0 Å². The zero-order valence-corrected chi connectivity index (χ0v) is 12.7. The number of rotatable bonds is 3.